The molecule has 0 aliphatic carbocycles. The Morgan fingerprint density at radius 3 is 1.42 bits per heavy atom. The van der Waals surface area contributed by atoms with Crippen molar-refractivity contribution in [1.29, 1.82) is 0 Å². The maximum absolute atomic E-state index is 8.56. The van der Waals surface area contributed by atoms with Crippen LogP contribution in [-0.2, 0) is 80.4 Å². The van der Waals surface area contributed by atoms with Crippen molar-refractivity contribution in [3.05, 3.63) is 284 Å². The Kier molecular flexibility index (Phi) is 30.6. The van der Waals surface area contributed by atoms with E-state index < -0.39 is 0 Å². The number of aryl methyl sites for hydroxylation is 5. The average Bonchev–Trinajstić information content (AvgIpc) is 0.858. The molecule has 0 aliphatic heterocycles. The topological polar surface area (TPSA) is 153 Å². The monoisotopic (exact) mass is 1920 g/mol. The third-order valence-corrected chi connectivity index (χ3v) is 14.2. The molecule has 0 bridgehead atoms. The molecule has 0 saturated carbocycles. The van der Waals surface area contributed by atoms with Crippen LogP contribution in [0.25, 0.3) is 100 Å². The van der Waals surface area contributed by atoms with E-state index in [-0.39, 0.29) is 92.6 Å². The Morgan fingerprint density at radius 1 is 0.380 bits per heavy atom. The summed E-state index contributed by atoms with van der Waals surface area (Å²) in [7, 11) is 1.64. The van der Waals surface area contributed by atoms with Gasteiger partial charge in [-0.3, -0.25) is 19.9 Å². The molecule has 0 spiro atoms. The van der Waals surface area contributed by atoms with E-state index in [0.717, 1.165) is 84.5 Å². The molecule has 0 fully saturated rings. The van der Waals surface area contributed by atoms with Crippen molar-refractivity contribution < 1.29 is 95.4 Å². The number of hydrogen-bond acceptors (Lipinski definition) is 11. The van der Waals surface area contributed by atoms with Gasteiger partial charge < -0.3 is 14.9 Å². The summed E-state index contributed by atoms with van der Waals surface area (Å²) in [6.07, 6.45) is 6.15. The van der Waals surface area contributed by atoms with Crippen molar-refractivity contribution in [2.45, 2.75) is 67.1 Å². The quantitative estimate of drug-likeness (QED) is 0.126. The van der Waals surface area contributed by atoms with E-state index in [4.69, 9.17) is 14.9 Å². The van der Waals surface area contributed by atoms with Gasteiger partial charge in [-0.05, 0) is 105 Å². The first-order valence-corrected chi connectivity index (χ1v) is 28.9. The predicted molar refractivity (Wildman–Crippen MR) is 355 cm³/mol. The minimum Gasteiger partial charge on any atom is -0.516 e. The zero-order valence-electron chi connectivity index (χ0n) is 52.0. The van der Waals surface area contributed by atoms with Crippen molar-refractivity contribution in [2.75, 3.05) is 7.11 Å². The van der Waals surface area contributed by atoms with Gasteiger partial charge in [-0.1, -0.05) is 150 Å². The molecule has 4 radical (unpaired) electrons. The van der Waals surface area contributed by atoms with E-state index in [9.17, 15) is 0 Å². The van der Waals surface area contributed by atoms with Gasteiger partial charge in [0, 0.05) is 103 Å². The number of hydrogen-bond donors (Lipinski definition) is 2. The van der Waals surface area contributed by atoms with E-state index in [1.165, 1.54) is 49.5 Å². The van der Waals surface area contributed by atoms with Crippen LogP contribution in [0.2, 0.25) is 0 Å². The number of methoxy groups -OCH3 is 1. The molecule has 9 aromatic carbocycles. The first-order valence-electron chi connectivity index (χ1n) is 28.9. The standard InChI is InChI=1S/2C22H17N2.C16H11N2.C12H11N2O.C5H12O2.4Ir/c1-15-7-5-8-16(2)22(15)21-13-20(23-14-24-21)19-12-6-10-17-9-3-4-11-18(17)19;1-15-6-5-7-16(2)22(15)21-13-20(23-14-24-21)19-11-10-17-8-3-4-9-18(17)12-19;1-3-7-13(8-4-1)15-11-16(18-12-17-15)14-9-5-2-6-10-14;1-9-6-12(14-8-13-9)10-4-3-5-11(7-10)15-2;1-4(6)3-5(2)7;;;;/h3-11,13-14H,1-2H3;3-10,12-14H,1-2H3;1-9,11-12H;3,5-8H,1-2H3;4-7H,3H2,1-2H3;;;;/q4*-1;;;;;. The second kappa shape index (κ2) is 37.6. The molecule has 92 heavy (non-hydrogen) atoms. The number of fused-ring (bicyclic) bond motifs is 2. The van der Waals surface area contributed by atoms with Crippen molar-refractivity contribution in [3.63, 3.8) is 0 Å². The van der Waals surface area contributed by atoms with Gasteiger partial charge in [0.2, 0.25) is 0 Å². The molecule has 2 atom stereocenters. The van der Waals surface area contributed by atoms with Crippen molar-refractivity contribution in [3.8, 4) is 84.6 Å². The number of benzene rings is 9. The van der Waals surface area contributed by atoms with Crippen molar-refractivity contribution in [1.82, 2.24) is 39.9 Å². The fraction of sp³-hybridized carbons (Fsp3) is 0.143. The molecule has 13 aromatic rings. The molecule has 474 valence electrons. The summed E-state index contributed by atoms with van der Waals surface area (Å²) in [6.45, 7) is 13.7. The van der Waals surface area contributed by atoms with Gasteiger partial charge in [-0.15, -0.1) is 124 Å². The van der Waals surface area contributed by atoms with Crippen LogP contribution in [0.4, 0.5) is 0 Å². The van der Waals surface area contributed by atoms with Gasteiger partial charge >= 0.3 is 0 Å². The minimum atomic E-state index is -0.375. The third-order valence-electron chi connectivity index (χ3n) is 14.2. The van der Waals surface area contributed by atoms with E-state index in [0.29, 0.717) is 6.42 Å². The molecule has 2 N–H and O–H groups in total. The van der Waals surface area contributed by atoms with Crippen molar-refractivity contribution in [2.24, 2.45) is 0 Å². The Bertz CT molecular complexity index is 4300. The summed E-state index contributed by atoms with van der Waals surface area (Å²) in [4.78, 5) is 34.8. The molecule has 0 saturated heterocycles. The fourth-order valence-corrected chi connectivity index (χ4v) is 10.00. The predicted octanol–water partition coefficient (Wildman–Crippen LogP) is 16.8. The molecule has 0 amide bonds. The van der Waals surface area contributed by atoms with Crippen LogP contribution in [0.3, 0.4) is 0 Å². The number of aliphatic hydroxyl groups is 2. The van der Waals surface area contributed by atoms with Crippen LogP contribution < -0.4 is 4.74 Å². The summed E-state index contributed by atoms with van der Waals surface area (Å²) in [6, 6.07) is 81.9. The Balaban J connectivity index is 0.000000215. The molecule has 15 heteroatoms. The van der Waals surface area contributed by atoms with Crippen molar-refractivity contribution >= 4 is 21.5 Å². The average molecular weight is 1920 g/mol. The zero-order valence-corrected chi connectivity index (χ0v) is 61.6. The smallest absolute Gasteiger partial charge is 0.106 e. The van der Waals surface area contributed by atoms with Gasteiger partial charge in [-0.25, -0.2) is 19.9 Å². The van der Waals surface area contributed by atoms with Crippen LogP contribution in [0.1, 0.15) is 48.2 Å². The fourth-order valence-electron chi connectivity index (χ4n) is 10.00. The number of aromatic nitrogens is 8. The molecule has 0 aliphatic rings. The Hall–Kier alpha value is -7.86. The normalized spacial score (nSPS) is 10.8. The first-order chi connectivity index (χ1) is 42.8. The molecule has 4 heterocycles. The maximum Gasteiger partial charge on any atom is 0.106 e. The van der Waals surface area contributed by atoms with Crippen LogP contribution in [0, 0.1) is 58.9 Å². The van der Waals surface area contributed by atoms with Crippen LogP contribution in [-0.4, -0.2) is 69.4 Å². The minimum absolute atomic E-state index is 0. The first kappa shape index (κ1) is 74.9. The Morgan fingerprint density at radius 2 is 0.848 bits per heavy atom. The second-order valence-corrected chi connectivity index (χ2v) is 21.1. The molecule has 11 nitrogen and oxygen atoms in total. The number of ether oxygens (including phenoxy) is 1. The third kappa shape index (κ3) is 20.8. The number of nitrogens with zero attached hydrogens (tertiary/aromatic N) is 8. The van der Waals surface area contributed by atoms with Gasteiger partial charge in [0.15, 0.2) is 0 Å². The molecular weight excluding hydrogens is 1850 g/mol. The van der Waals surface area contributed by atoms with Crippen LogP contribution in [0.5, 0.6) is 5.75 Å². The SMILES string of the molecule is CC(O)CC(C)O.COc1cc[c-]c(-c2cc(C)ncn2)c1.Cc1cccc(C)c1-c1cc(-c2[c-]cc3ccccc3c2)ncn1.Cc1cccc(C)c1-c1cc(-c2[c-]ccc3ccccc23)ncn1.[Ir].[Ir].[Ir].[Ir].[c-]1ccccc1-c1cc(-c2ccccc2)ncn1. The number of rotatable bonds is 10. The number of aliphatic hydroxyl groups excluding tert-OH is 2. The summed E-state index contributed by atoms with van der Waals surface area (Å²) in [5.74, 6) is 0.806. The van der Waals surface area contributed by atoms with Crippen LogP contribution in [0.15, 0.2) is 232 Å². The largest absolute Gasteiger partial charge is 0.516 e. The maximum atomic E-state index is 8.56. The van der Waals surface area contributed by atoms with E-state index in [2.05, 4.69) is 177 Å². The summed E-state index contributed by atoms with van der Waals surface area (Å²) in [5.41, 5.74) is 19.6. The summed E-state index contributed by atoms with van der Waals surface area (Å²) < 4.78 is 5.14. The zero-order chi connectivity index (χ0) is 61.8. The summed E-state index contributed by atoms with van der Waals surface area (Å²) in [5, 5.41) is 21.9. The summed E-state index contributed by atoms with van der Waals surface area (Å²) >= 11 is 0. The van der Waals surface area contributed by atoms with E-state index >= 15 is 0 Å². The van der Waals surface area contributed by atoms with Gasteiger partial charge in [0.05, 0.1) is 36.4 Å². The molecule has 2 unspecified atom stereocenters. The van der Waals surface area contributed by atoms with E-state index in [1.807, 2.05) is 128 Å². The molecule has 13 rings (SSSR count). The molecular formula is C77H68Ir4N8O3-4. The molecule has 4 aromatic heterocycles. The van der Waals surface area contributed by atoms with Crippen LogP contribution >= 0.6 is 0 Å². The van der Waals surface area contributed by atoms with Gasteiger partial charge in [-0.2, -0.15) is 0 Å². The Labute approximate surface area is 594 Å². The van der Waals surface area contributed by atoms with Gasteiger partial charge in [0.25, 0.3) is 0 Å². The van der Waals surface area contributed by atoms with Gasteiger partial charge in [0.1, 0.15) is 25.3 Å². The second-order valence-electron chi connectivity index (χ2n) is 21.1. The van der Waals surface area contributed by atoms with E-state index in [1.54, 1.807) is 46.3 Å².